The standard InChI is InChI=1S/C14H12FN3O/c1-18(2)14-12(9-16)17-13(19-14)8-5-10-3-6-11(15)7-4-10/h3-8H,1-2H3/b8-5+. The molecule has 5 heteroatoms. The van der Waals surface area contributed by atoms with Crippen LogP contribution in [0.15, 0.2) is 28.7 Å². The van der Waals surface area contributed by atoms with Gasteiger partial charge in [0.15, 0.2) is 0 Å². The molecule has 0 aliphatic rings. The summed E-state index contributed by atoms with van der Waals surface area (Å²) in [6.07, 6.45) is 3.38. The second-order valence-electron chi connectivity index (χ2n) is 4.10. The molecule has 1 aromatic carbocycles. The van der Waals surface area contributed by atoms with Crippen LogP contribution in [-0.4, -0.2) is 19.1 Å². The lowest BCUT2D eigenvalue weighted by molar-refractivity contribution is 0.545. The van der Waals surface area contributed by atoms with Gasteiger partial charge in [-0.3, -0.25) is 0 Å². The Morgan fingerprint density at radius 2 is 1.95 bits per heavy atom. The normalized spacial score (nSPS) is 10.6. The summed E-state index contributed by atoms with van der Waals surface area (Å²) in [5.41, 5.74) is 1.06. The van der Waals surface area contributed by atoms with E-state index in [0.29, 0.717) is 11.8 Å². The monoisotopic (exact) mass is 257 g/mol. The van der Waals surface area contributed by atoms with E-state index in [4.69, 9.17) is 9.68 Å². The molecule has 0 fully saturated rings. The third-order valence-corrected chi connectivity index (χ3v) is 2.43. The number of anilines is 1. The average Bonchev–Trinajstić information content (AvgIpc) is 2.81. The summed E-state index contributed by atoms with van der Waals surface area (Å²) in [7, 11) is 3.55. The SMILES string of the molecule is CN(C)c1oc(/C=C/c2ccc(F)cc2)nc1C#N. The molecule has 4 nitrogen and oxygen atoms in total. The molecule has 1 heterocycles. The maximum atomic E-state index is 12.7. The summed E-state index contributed by atoms with van der Waals surface area (Å²) < 4.78 is 18.2. The summed E-state index contributed by atoms with van der Waals surface area (Å²) >= 11 is 0. The molecule has 0 bridgehead atoms. The van der Waals surface area contributed by atoms with Crippen molar-refractivity contribution in [3.63, 3.8) is 0 Å². The van der Waals surface area contributed by atoms with Crippen LogP contribution in [-0.2, 0) is 0 Å². The van der Waals surface area contributed by atoms with Crippen LogP contribution in [0.5, 0.6) is 0 Å². The van der Waals surface area contributed by atoms with Gasteiger partial charge in [-0.1, -0.05) is 12.1 Å². The summed E-state index contributed by atoms with van der Waals surface area (Å²) in [6.45, 7) is 0. The van der Waals surface area contributed by atoms with Crippen molar-refractivity contribution in [2.45, 2.75) is 0 Å². The third-order valence-electron chi connectivity index (χ3n) is 2.43. The van der Waals surface area contributed by atoms with E-state index >= 15 is 0 Å². The molecule has 1 aromatic heterocycles. The van der Waals surface area contributed by atoms with Crippen LogP contribution in [0.1, 0.15) is 17.1 Å². The highest BCUT2D eigenvalue weighted by molar-refractivity contribution is 5.67. The van der Waals surface area contributed by atoms with Gasteiger partial charge in [-0.2, -0.15) is 10.2 Å². The molecule has 96 valence electrons. The largest absolute Gasteiger partial charge is 0.420 e. The first-order valence-corrected chi connectivity index (χ1v) is 5.62. The number of aromatic nitrogens is 1. The molecular formula is C14H12FN3O. The molecular weight excluding hydrogens is 245 g/mol. The number of benzene rings is 1. The van der Waals surface area contributed by atoms with Crippen LogP contribution in [0.2, 0.25) is 0 Å². The molecule has 0 spiro atoms. The van der Waals surface area contributed by atoms with Gasteiger partial charge in [0.05, 0.1) is 0 Å². The number of rotatable bonds is 3. The zero-order chi connectivity index (χ0) is 13.8. The van der Waals surface area contributed by atoms with E-state index in [1.54, 1.807) is 43.3 Å². The van der Waals surface area contributed by atoms with Crippen molar-refractivity contribution in [2.24, 2.45) is 0 Å². The van der Waals surface area contributed by atoms with Crippen LogP contribution >= 0.6 is 0 Å². The minimum absolute atomic E-state index is 0.240. The van der Waals surface area contributed by atoms with Gasteiger partial charge in [0.2, 0.25) is 17.5 Å². The topological polar surface area (TPSA) is 53.1 Å². The molecule has 0 saturated heterocycles. The Balaban J connectivity index is 2.24. The first kappa shape index (κ1) is 12.8. The fraction of sp³-hybridized carbons (Fsp3) is 0.143. The first-order chi connectivity index (χ1) is 9.10. The van der Waals surface area contributed by atoms with Gasteiger partial charge in [-0.15, -0.1) is 0 Å². The highest BCUT2D eigenvalue weighted by Crippen LogP contribution is 2.20. The van der Waals surface area contributed by atoms with Gasteiger partial charge < -0.3 is 9.32 Å². The molecule has 0 aliphatic heterocycles. The number of halogens is 1. The van der Waals surface area contributed by atoms with E-state index in [-0.39, 0.29) is 11.5 Å². The minimum Gasteiger partial charge on any atom is -0.420 e. The Morgan fingerprint density at radius 3 is 2.47 bits per heavy atom. The molecule has 2 aromatic rings. The molecule has 0 amide bonds. The van der Waals surface area contributed by atoms with Crippen molar-refractivity contribution in [1.82, 2.24) is 4.98 Å². The van der Waals surface area contributed by atoms with Gasteiger partial charge in [0.25, 0.3) is 0 Å². The Morgan fingerprint density at radius 1 is 1.26 bits per heavy atom. The third kappa shape index (κ3) is 2.99. The molecule has 0 atom stereocenters. The zero-order valence-corrected chi connectivity index (χ0v) is 10.6. The van der Waals surface area contributed by atoms with Gasteiger partial charge >= 0.3 is 0 Å². The van der Waals surface area contributed by atoms with Crippen LogP contribution in [0, 0.1) is 17.1 Å². The fourth-order valence-electron chi connectivity index (χ4n) is 1.52. The van der Waals surface area contributed by atoms with E-state index in [1.807, 2.05) is 6.07 Å². The van der Waals surface area contributed by atoms with Crippen molar-refractivity contribution in [3.05, 3.63) is 47.2 Å². The lowest BCUT2D eigenvalue weighted by Gasteiger charge is -2.05. The number of nitriles is 1. The van der Waals surface area contributed by atoms with Crippen LogP contribution in [0.4, 0.5) is 10.3 Å². The smallest absolute Gasteiger partial charge is 0.234 e. The Bertz CT molecular complexity index is 636. The lowest BCUT2D eigenvalue weighted by Crippen LogP contribution is -2.08. The van der Waals surface area contributed by atoms with Gasteiger partial charge in [-0.25, -0.2) is 4.39 Å². The van der Waals surface area contributed by atoms with Crippen LogP contribution in [0.25, 0.3) is 12.2 Å². The molecule has 0 saturated carbocycles. The van der Waals surface area contributed by atoms with Crippen molar-refractivity contribution < 1.29 is 8.81 Å². The average molecular weight is 257 g/mol. The number of hydrogen-bond acceptors (Lipinski definition) is 4. The van der Waals surface area contributed by atoms with Crippen LogP contribution in [0.3, 0.4) is 0 Å². The van der Waals surface area contributed by atoms with Gasteiger partial charge in [0.1, 0.15) is 11.9 Å². The second kappa shape index (κ2) is 5.36. The Hall–Kier alpha value is -2.61. The van der Waals surface area contributed by atoms with E-state index in [0.717, 1.165) is 5.56 Å². The highest BCUT2D eigenvalue weighted by Gasteiger charge is 2.12. The summed E-state index contributed by atoms with van der Waals surface area (Å²) in [5, 5.41) is 8.93. The molecule has 0 unspecified atom stereocenters. The predicted molar refractivity (Wildman–Crippen MR) is 70.9 cm³/mol. The van der Waals surface area contributed by atoms with Crippen molar-refractivity contribution in [2.75, 3.05) is 19.0 Å². The first-order valence-electron chi connectivity index (χ1n) is 5.62. The zero-order valence-electron chi connectivity index (χ0n) is 10.6. The van der Waals surface area contributed by atoms with Crippen molar-refractivity contribution in [1.29, 1.82) is 5.26 Å². The highest BCUT2D eigenvalue weighted by atomic mass is 19.1. The molecule has 0 N–H and O–H groups in total. The summed E-state index contributed by atoms with van der Waals surface area (Å²) in [4.78, 5) is 5.73. The number of nitrogens with zero attached hydrogens (tertiary/aromatic N) is 3. The van der Waals surface area contributed by atoms with E-state index in [2.05, 4.69) is 4.98 Å². The van der Waals surface area contributed by atoms with Gasteiger partial charge in [0, 0.05) is 20.2 Å². The van der Waals surface area contributed by atoms with Crippen LogP contribution < -0.4 is 4.90 Å². The summed E-state index contributed by atoms with van der Waals surface area (Å²) in [5.74, 6) is 0.473. The number of hydrogen-bond donors (Lipinski definition) is 0. The summed E-state index contributed by atoms with van der Waals surface area (Å²) in [6, 6.07) is 8.02. The lowest BCUT2D eigenvalue weighted by atomic mass is 10.2. The Kier molecular flexibility index (Phi) is 3.62. The predicted octanol–water partition coefficient (Wildman–Crippen LogP) is 2.92. The second-order valence-corrected chi connectivity index (χ2v) is 4.10. The maximum absolute atomic E-state index is 12.7. The fourth-order valence-corrected chi connectivity index (χ4v) is 1.52. The van der Waals surface area contributed by atoms with Crippen molar-refractivity contribution in [3.8, 4) is 6.07 Å². The number of oxazole rings is 1. The van der Waals surface area contributed by atoms with E-state index in [9.17, 15) is 4.39 Å². The van der Waals surface area contributed by atoms with E-state index in [1.165, 1.54) is 12.1 Å². The maximum Gasteiger partial charge on any atom is 0.234 e. The molecule has 0 radical (unpaired) electrons. The Labute approximate surface area is 110 Å². The van der Waals surface area contributed by atoms with Gasteiger partial charge in [-0.05, 0) is 23.8 Å². The minimum atomic E-state index is -0.282. The van der Waals surface area contributed by atoms with Crippen molar-refractivity contribution >= 4 is 18.0 Å². The van der Waals surface area contributed by atoms with E-state index < -0.39 is 0 Å². The molecule has 0 aliphatic carbocycles. The molecule has 2 rings (SSSR count). The molecule has 19 heavy (non-hydrogen) atoms. The quantitative estimate of drug-likeness (QED) is 0.848.